The van der Waals surface area contributed by atoms with E-state index in [9.17, 15) is 14.3 Å². The summed E-state index contributed by atoms with van der Waals surface area (Å²) in [5.74, 6) is -0.198. The van der Waals surface area contributed by atoms with Crippen LogP contribution in [0.25, 0.3) is 11.2 Å². The lowest BCUT2D eigenvalue weighted by Gasteiger charge is -2.29. The van der Waals surface area contributed by atoms with Crippen LogP contribution in [0.15, 0.2) is 24.4 Å². The maximum Gasteiger partial charge on any atom is 0.225 e. The van der Waals surface area contributed by atoms with Crippen molar-refractivity contribution in [3.05, 3.63) is 35.2 Å². The van der Waals surface area contributed by atoms with Gasteiger partial charge in [0.15, 0.2) is 5.65 Å². The van der Waals surface area contributed by atoms with Gasteiger partial charge in [0.25, 0.3) is 0 Å². The maximum atomic E-state index is 14.5. The minimum Gasteiger partial charge on any atom is -0.388 e. The monoisotopic (exact) mass is 489 g/mol. The number of aromatic nitrogens is 4. The van der Waals surface area contributed by atoms with Gasteiger partial charge in [0, 0.05) is 17.0 Å². The van der Waals surface area contributed by atoms with Gasteiger partial charge in [-0.25, -0.2) is 14.4 Å². The number of benzene rings is 1. The first-order chi connectivity index (χ1) is 16.4. The number of aliphatic hydroxyl groups is 1. The van der Waals surface area contributed by atoms with Crippen LogP contribution in [0.3, 0.4) is 0 Å². The van der Waals surface area contributed by atoms with E-state index in [1.165, 1.54) is 18.2 Å². The summed E-state index contributed by atoms with van der Waals surface area (Å²) in [5, 5.41) is 16.6. The zero-order chi connectivity index (χ0) is 23.8. The number of halogens is 2. The van der Waals surface area contributed by atoms with Gasteiger partial charge in [0.05, 0.1) is 37.2 Å². The fourth-order valence-corrected chi connectivity index (χ4v) is 4.75. The lowest BCUT2D eigenvalue weighted by Crippen LogP contribution is -2.32. The van der Waals surface area contributed by atoms with E-state index in [4.69, 9.17) is 22.1 Å². The number of imidazole rings is 1. The molecule has 1 aromatic carbocycles. The number of carbonyl (C=O) groups is 1. The molecule has 12 heteroatoms. The Balaban J connectivity index is 1.52. The predicted molar refractivity (Wildman–Crippen MR) is 124 cm³/mol. The van der Waals surface area contributed by atoms with E-state index in [2.05, 4.69) is 25.6 Å². The highest BCUT2D eigenvalue weighted by molar-refractivity contribution is 6.30. The largest absolute Gasteiger partial charge is 0.388 e. The highest BCUT2D eigenvalue weighted by Crippen LogP contribution is 2.37. The van der Waals surface area contributed by atoms with Crippen molar-refractivity contribution in [2.24, 2.45) is 11.7 Å². The quantitative estimate of drug-likeness (QED) is 0.414. The molecule has 0 bridgehead atoms. The SMILES string of the molecule is NC(=O)[C@H]1CC[C@H](n2c(Nc3cc(Cl)ccc3F)nc3cnc(N[C@H]4COC[C@@H]4O)nc32)CC1. The topological polar surface area (TPSA) is 140 Å². The third-order valence-electron chi connectivity index (χ3n) is 6.44. The Morgan fingerprint density at radius 3 is 2.74 bits per heavy atom. The number of anilines is 3. The molecule has 1 amide bonds. The number of aliphatic hydroxyl groups excluding tert-OH is 1. The summed E-state index contributed by atoms with van der Waals surface area (Å²) >= 11 is 6.07. The highest BCUT2D eigenvalue weighted by Gasteiger charge is 2.30. The van der Waals surface area contributed by atoms with E-state index in [0.29, 0.717) is 60.4 Å². The van der Waals surface area contributed by atoms with Gasteiger partial charge in [-0.05, 0) is 43.9 Å². The van der Waals surface area contributed by atoms with Crippen LogP contribution >= 0.6 is 11.6 Å². The van der Waals surface area contributed by atoms with Crippen LogP contribution in [0.4, 0.5) is 22.0 Å². The Kier molecular flexibility index (Phi) is 6.24. The lowest BCUT2D eigenvalue weighted by molar-refractivity contribution is -0.122. The average Bonchev–Trinajstić information content (AvgIpc) is 3.38. The van der Waals surface area contributed by atoms with Gasteiger partial charge in [-0.2, -0.15) is 4.98 Å². The molecule has 34 heavy (non-hydrogen) atoms. The van der Waals surface area contributed by atoms with Crippen molar-refractivity contribution in [3.63, 3.8) is 0 Å². The Bertz CT molecular complexity index is 1210. The van der Waals surface area contributed by atoms with Gasteiger partial charge in [-0.1, -0.05) is 11.6 Å². The fourth-order valence-electron chi connectivity index (χ4n) is 4.57. The van der Waals surface area contributed by atoms with E-state index in [1.807, 2.05) is 4.57 Å². The molecule has 180 valence electrons. The number of rotatable bonds is 6. The van der Waals surface area contributed by atoms with E-state index in [1.54, 1.807) is 6.20 Å². The molecule has 0 unspecified atom stereocenters. The summed E-state index contributed by atoms with van der Waals surface area (Å²) < 4.78 is 21.7. The number of hydrogen-bond donors (Lipinski definition) is 4. The molecule has 0 radical (unpaired) electrons. The summed E-state index contributed by atoms with van der Waals surface area (Å²) in [4.78, 5) is 25.3. The van der Waals surface area contributed by atoms with Crippen molar-refractivity contribution >= 4 is 46.3 Å². The van der Waals surface area contributed by atoms with Crippen LogP contribution in [0.5, 0.6) is 0 Å². The first-order valence-corrected chi connectivity index (χ1v) is 11.6. The number of nitrogens with two attached hydrogens (primary N) is 1. The lowest BCUT2D eigenvalue weighted by atomic mass is 9.85. The minimum absolute atomic E-state index is 0.0338. The van der Waals surface area contributed by atoms with Gasteiger partial charge >= 0.3 is 0 Å². The van der Waals surface area contributed by atoms with Crippen LogP contribution < -0.4 is 16.4 Å². The molecule has 1 aliphatic heterocycles. The van der Waals surface area contributed by atoms with Crippen LogP contribution in [-0.2, 0) is 9.53 Å². The smallest absolute Gasteiger partial charge is 0.225 e. The van der Waals surface area contributed by atoms with E-state index >= 15 is 0 Å². The summed E-state index contributed by atoms with van der Waals surface area (Å²) in [6, 6.07) is 3.89. The molecule has 2 aromatic heterocycles. The predicted octanol–water partition coefficient (Wildman–Crippen LogP) is 2.75. The summed E-state index contributed by atoms with van der Waals surface area (Å²) in [5.41, 5.74) is 6.77. The molecular formula is C22H25ClFN7O3. The molecule has 1 aliphatic carbocycles. The average molecular weight is 490 g/mol. The molecule has 2 atom stereocenters. The molecule has 3 heterocycles. The normalized spacial score (nSPS) is 24.9. The Hall–Kier alpha value is -3.02. The van der Waals surface area contributed by atoms with Crippen molar-refractivity contribution in [2.45, 2.75) is 43.9 Å². The van der Waals surface area contributed by atoms with Gasteiger partial charge < -0.3 is 26.2 Å². The van der Waals surface area contributed by atoms with Crippen LogP contribution in [-0.4, -0.2) is 55.9 Å². The van der Waals surface area contributed by atoms with Gasteiger partial charge in [-0.3, -0.25) is 9.36 Å². The second-order valence-corrected chi connectivity index (χ2v) is 9.16. The molecule has 5 rings (SSSR count). The van der Waals surface area contributed by atoms with Crippen molar-refractivity contribution in [1.29, 1.82) is 0 Å². The third-order valence-corrected chi connectivity index (χ3v) is 6.67. The van der Waals surface area contributed by atoms with Crippen LogP contribution in [0.2, 0.25) is 5.02 Å². The first-order valence-electron chi connectivity index (χ1n) is 11.2. The molecule has 5 N–H and O–H groups in total. The summed E-state index contributed by atoms with van der Waals surface area (Å²) in [6.07, 6.45) is 3.59. The molecule has 0 spiro atoms. The van der Waals surface area contributed by atoms with Crippen molar-refractivity contribution in [1.82, 2.24) is 19.5 Å². The number of carbonyl (C=O) groups excluding carboxylic acids is 1. The van der Waals surface area contributed by atoms with E-state index < -0.39 is 11.9 Å². The van der Waals surface area contributed by atoms with Crippen LogP contribution in [0.1, 0.15) is 31.7 Å². The number of ether oxygens (including phenoxy) is 1. The van der Waals surface area contributed by atoms with Crippen molar-refractivity contribution in [2.75, 3.05) is 23.8 Å². The Morgan fingerprint density at radius 2 is 2.03 bits per heavy atom. The zero-order valence-corrected chi connectivity index (χ0v) is 19.0. The van der Waals surface area contributed by atoms with Gasteiger partial charge in [0.2, 0.25) is 17.8 Å². The van der Waals surface area contributed by atoms with Gasteiger partial charge in [-0.15, -0.1) is 0 Å². The third kappa shape index (κ3) is 4.50. The molecule has 10 nitrogen and oxygen atoms in total. The Morgan fingerprint density at radius 1 is 1.24 bits per heavy atom. The fraction of sp³-hybridized carbons (Fsp3) is 0.455. The number of amides is 1. The summed E-state index contributed by atoms with van der Waals surface area (Å²) in [7, 11) is 0. The number of nitrogens with one attached hydrogen (secondary N) is 2. The number of primary amides is 1. The Labute approximate surface area is 199 Å². The second-order valence-electron chi connectivity index (χ2n) is 8.72. The maximum absolute atomic E-state index is 14.5. The van der Waals surface area contributed by atoms with E-state index in [0.717, 1.165) is 0 Å². The number of fused-ring (bicyclic) bond motifs is 1. The first kappa shape index (κ1) is 22.8. The zero-order valence-electron chi connectivity index (χ0n) is 18.2. The number of hydrogen-bond acceptors (Lipinski definition) is 8. The minimum atomic E-state index is -0.656. The molecule has 1 saturated heterocycles. The second kappa shape index (κ2) is 9.32. The molecule has 2 fully saturated rings. The van der Waals surface area contributed by atoms with Crippen molar-refractivity contribution in [3.8, 4) is 0 Å². The molecular weight excluding hydrogens is 465 g/mol. The molecule has 2 aliphatic rings. The molecule has 1 saturated carbocycles. The highest BCUT2D eigenvalue weighted by atomic mass is 35.5. The van der Waals surface area contributed by atoms with Crippen molar-refractivity contribution < 1.29 is 19.0 Å². The number of nitrogens with zero attached hydrogens (tertiary/aromatic N) is 4. The molecule has 3 aromatic rings. The standard InChI is InChI=1S/C22H25ClFN7O3/c23-12-3-6-14(24)15(7-12)28-22-29-16-8-26-21(27-17-9-34-10-18(17)32)30-20(16)31(22)13-4-1-11(2-5-13)19(25)33/h3,6-8,11,13,17-18,32H,1-2,4-5,9-10H2,(H2,25,33)(H,28,29)(H,26,27,30)/t11-,13-,17-,18-/m0/s1. The van der Waals surface area contributed by atoms with Gasteiger partial charge in [0.1, 0.15) is 11.3 Å². The van der Waals surface area contributed by atoms with E-state index in [-0.39, 0.29) is 36.2 Å². The summed E-state index contributed by atoms with van der Waals surface area (Å²) in [6.45, 7) is 0.597. The van der Waals surface area contributed by atoms with Crippen LogP contribution in [0, 0.1) is 11.7 Å².